The fourth-order valence-corrected chi connectivity index (χ4v) is 1.94. The summed E-state index contributed by atoms with van der Waals surface area (Å²) in [5.74, 6) is 1.62. The lowest BCUT2D eigenvalue weighted by molar-refractivity contribution is 0.392. The fourth-order valence-electron chi connectivity index (χ4n) is 1.94. The molecule has 5 nitrogen and oxygen atoms in total. The van der Waals surface area contributed by atoms with Crippen molar-refractivity contribution in [3.05, 3.63) is 40.9 Å². The molecular weight excluding hydrogens is 240 g/mol. The molecule has 0 saturated heterocycles. The number of hydrogen-bond acceptors (Lipinski definition) is 5. The van der Waals surface area contributed by atoms with Crippen molar-refractivity contribution >= 4 is 5.82 Å². The molecule has 0 fully saturated rings. The van der Waals surface area contributed by atoms with Gasteiger partial charge in [0.25, 0.3) is 0 Å². The van der Waals surface area contributed by atoms with E-state index in [1.807, 2.05) is 32.0 Å². The smallest absolute Gasteiger partial charge is 0.142 e. The zero-order chi connectivity index (χ0) is 13.7. The minimum atomic E-state index is 0.427. The van der Waals surface area contributed by atoms with Crippen LogP contribution in [0.5, 0.6) is 0 Å². The van der Waals surface area contributed by atoms with E-state index in [-0.39, 0.29) is 0 Å². The van der Waals surface area contributed by atoms with Gasteiger partial charge in [0.2, 0.25) is 0 Å². The molecule has 0 spiro atoms. The molecule has 0 aliphatic rings. The third kappa shape index (κ3) is 3.32. The van der Waals surface area contributed by atoms with Crippen molar-refractivity contribution in [1.29, 1.82) is 5.26 Å². The molecule has 0 aliphatic carbocycles. The predicted molar refractivity (Wildman–Crippen MR) is 71.7 cm³/mol. The molecule has 0 saturated carbocycles. The molecule has 98 valence electrons. The Kier molecular flexibility index (Phi) is 4.14. The molecule has 2 rings (SSSR count). The second-order valence-electron chi connectivity index (χ2n) is 4.35. The van der Waals surface area contributed by atoms with Gasteiger partial charge in [-0.2, -0.15) is 5.26 Å². The Morgan fingerprint density at radius 2 is 2.21 bits per heavy atom. The SMILES string of the molecule is Cc1noc(C)c1CCCNc1cccc(C#N)n1. The molecule has 0 amide bonds. The summed E-state index contributed by atoms with van der Waals surface area (Å²) in [6.07, 6.45) is 1.88. The Morgan fingerprint density at radius 1 is 1.37 bits per heavy atom. The van der Waals surface area contributed by atoms with Crippen LogP contribution in [0.3, 0.4) is 0 Å². The second kappa shape index (κ2) is 6.01. The van der Waals surface area contributed by atoms with Crippen LogP contribution in [0, 0.1) is 25.2 Å². The van der Waals surface area contributed by atoms with E-state index in [4.69, 9.17) is 9.78 Å². The number of nitriles is 1. The Morgan fingerprint density at radius 3 is 2.89 bits per heavy atom. The summed E-state index contributed by atoms with van der Waals surface area (Å²) in [5, 5.41) is 15.9. The maximum atomic E-state index is 8.76. The van der Waals surface area contributed by atoms with Crippen molar-refractivity contribution in [3.63, 3.8) is 0 Å². The number of nitrogens with one attached hydrogen (secondary N) is 1. The Balaban J connectivity index is 1.83. The minimum absolute atomic E-state index is 0.427. The molecule has 19 heavy (non-hydrogen) atoms. The van der Waals surface area contributed by atoms with E-state index in [1.54, 1.807) is 6.07 Å². The average molecular weight is 256 g/mol. The van der Waals surface area contributed by atoms with Crippen molar-refractivity contribution < 1.29 is 4.52 Å². The van der Waals surface area contributed by atoms with Crippen LogP contribution in [0.1, 0.15) is 29.1 Å². The molecule has 2 aromatic rings. The van der Waals surface area contributed by atoms with E-state index in [2.05, 4.69) is 15.5 Å². The van der Waals surface area contributed by atoms with Crippen molar-refractivity contribution in [1.82, 2.24) is 10.1 Å². The van der Waals surface area contributed by atoms with Crippen LogP contribution in [-0.4, -0.2) is 16.7 Å². The highest BCUT2D eigenvalue weighted by Gasteiger charge is 2.07. The summed E-state index contributed by atoms with van der Waals surface area (Å²) in [6, 6.07) is 7.39. The Bertz CT molecular complexity index is 578. The first-order valence-corrected chi connectivity index (χ1v) is 6.23. The Hall–Kier alpha value is -2.35. The third-order valence-corrected chi connectivity index (χ3v) is 2.95. The van der Waals surface area contributed by atoms with Crippen LogP contribution < -0.4 is 5.32 Å². The van der Waals surface area contributed by atoms with Crippen LogP contribution in [0.2, 0.25) is 0 Å². The Labute approximate surface area is 112 Å². The molecule has 2 aromatic heterocycles. The third-order valence-electron chi connectivity index (χ3n) is 2.95. The number of nitrogens with zero attached hydrogens (tertiary/aromatic N) is 3. The number of rotatable bonds is 5. The lowest BCUT2D eigenvalue weighted by Gasteiger charge is -2.05. The normalized spacial score (nSPS) is 10.2. The molecule has 0 bridgehead atoms. The molecule has 0 atom stereocenters. The quantitative estimate of drug-likeness (QED) is 0.832. The van der Waals surface area contributed by atoms with Gasteiger partial charge in [-0.05, 0) is 38.8 Å². The van der Waals surface area contributed by atoms with Gasteiger partial charge in [0.15, 0.2) is 0 Å². The van der Waals surface area contributed by atoms with Crippen LogP contribution in [0.25, 0.3) is 0 Å². The van der Waals surface area contributed by atoms with Gasteiger partial charge in [0, 0.05) is 12.1 Å². The highest BCUT2D eigenvalue weighted by molar-refractivity contribution is 5.38. The molecule has 0 radical (unpaired) electrons. The highest BCUT2D eigenvalue weighted by Crippen LogP contribution is 2.14. The summed E-state index contributed by atoms with van der Waals surface area (Å²) < 4.78 is 5.12. The van der Waals surface area contributed by atoms with E-state index in [0.29, 0.717) is 5.69 Å². The molecule has 0 aromatic carbocycles. The molecule has 0 unspecified atom stereocenters. The molecule has 1 N–H and O–H groups in total. The summed E-state index contributed by atoms with van der Waals surface area (Å²) >= 11 is 0. The number of anilines is 1. The van der Waals surface area contributed by atoms with Gasteiger partial charge in [0.1, 0.15) is 23.3 Å². The minimum Gasteiger partial charge on any atom is -0.370 e. The van der Waals surface area contributed by atoms with Gasteiger partial charge >= 0.3 is 0 Å². The number of pyridine rings is 1. The standard InChI is InChI=1S/C14H16N4O/c1-10-13(11(2)19-18-10)6-4-8-16-14-7-3-5-12(9-15)17-14/h3,5,7H,4,6,8H2,1-2H3,(H,16,17). The van der Waals surface area contributed by atoms with E-state index in [9.17, 15) is 0 Å². The van der Waals surface area contributed by atoms with E-state index in [1.165, 1.54) is 5.56 Å². The number of aryl methyl sites for hydroxylation is 2. The lowest BCUT2D eigenvalue weighted by atomic mass is 10.1. The van der Waals surface area contributed by atoms with Gasteiger partial charge in [0.05, 0.1) is 5.69 Å². The molecule has 0 aliphatic heterocycles. The van der Waals surface area contributed by atoms with E-state index in [0.717, 1.165) is 36.7 Å². The largest absolute Gasteiger partial charge is 0.370 e. The first-order chi connectivity index (χ1) is 9.20. The van der Waals surface area contributed by atoms with Gasteiger partial charge in [-0.1, -0.05) is 11.2 Å². The summed E-state index contributed by atoms with van der Waals surface area (Å²) in [7, 11) is 0. The average Bonchev–Trinajstić information content (AvgIpc) is 2.75. The topological polar surface area (TPSA) is 74.7 Å². The van der Waals surface area contributed by atoms with Gasteiger partial charge in [-0.25, -0.2) is 4.98 Å². The molecule has 2 heterocycles. The van der Waals surface area contributed by atoms with Crippen LogP contribution in [0.15, 0.2) is 22.7 Å². The molecular formula is C14H16N4O. The van der Waals surface area contributed by atoms with Crippen molar-refractivity contribution in [2.24, 2.45) is 0 Å². The molecule has 5 heteroatoms. The number of aromatic nitrogens is 2. The van der Waals surface area contributed by atoms with Gasteiger partial charge < -0.3 is 9.84 Å². The van der Waals surface area contributed by atoms with Crippen molar-refractivity contribution in [2.75, 3.05) is 11.9 Å². The first-order valence-electron chi connectivity index (χ1n) is 6.23. The van der Waals surface area contributed by atoms with Gasteiger partial charge in [-0.3, -0.25) is 0 Å². The van der Waals surface area contributed by atoms with Crippen LogP contribution in [0.4, 0.5) is 5.82 Å². The summed E-state index contributed by atoms with van der Waals surface area (Å²) in [6.45, 7) is 4.68. The fraction of sp³-hybridized carbons (Fsp3) is 0.357. The van der Waals surface area contributed by atoms with Crippen molar-refractivity contribution in [2.45, 2.75) is 26.7 Å². The summed E-state index contributed by atoms with van der Waals surface area (Å²) in [4.78, 5) is 4.16. The number of hydrogen-bond donors (Lipinski definition) is 1. The first kappa shape index (κ1) is 13.1. The second-order valence-corrected chi connectivity index (χ2v) is 4.35. The van der Waals surface area contributed by atoms with Crippen LogP contribution in [-0.2, 0) is 6.42 Å². The van der Waals surface area contributed by atoms with E-state index >= 15 is 0 Å². The predicted octanol–water partition coefficient (Wildman–Crippen LogP) is 2.60. The highest BCUT2D eigenvalue weighted by atomic mass is 16.5. The van der Waals surface area contributed by atoms with Gasteiger partial charge in [-0.15, -0.1) is 0 Å². The monoisotopic (exact) mass is 256 g/mol. The summed E-state index contributed by atoms with van der Waals surface area (Å²) in [5.41, 5.74) is 2.57. The maximum Gasteiger partial charge on any atom is 0.142 e. The van der Waals surface area contributed by atoms with Crippen molar-refractivity contribution in [3.8, 4) is 6.07 Å². The lowest BCUT2D eigenvalue weighted by Crippen LogP contribution is -2.05. The maximum absolute atomic E-state index is 8.76. The zero-order valence-corrected chi connectivity index (χ0v) is 11.1. The van der Waals surface area contributed by atoms with E-state index < -0.39 is 0 Å². The van der Waals surface area contributed by atoms with Crippen LogP contribution >= 0.6 is 0 Å². The zero-order valence-electron chi connectivity index (χ0n) is 11.1.